The molecule has 0 atom stereocenters. The summed E-state index contributed by atoms with van der Waals surface area (Å²) in [7, 11) is 0. The fourth-order valence-electron chi connectivity index (χ4n) is 3.01. The average molecular weight is 426 g/mol. The Morgan fingerprint density at radius 1 is 0.935 bits per heavy atom. The molecule has 0 saturated heterocycles. The lowest BCUT2D eigenvalue weighted by Crippen LogP contribution is -2.39. The van der Waals surface area contributed by atoms with Gasteiger partial charge in [-0.1, -0.05) is 25.1 Å². The van der Waals surface area contributed by atoms with E-state index in [1.54, 1.807) is 43.0 Å². The number of aryl methyl sites for hydroxylation is 1. The monoisotopic (exact) mass is 425 g/mol. The molecule has 0 saturated carbocycles. The second kappa shape index (κ2) is 11.9. The molecule has 7 nitrogen and oxygen atoms in total. The third-order valence-electron chi connectivity index (χ3n) is 4.44. The van der Waals surface area contributed by atoms with Crippen LogP contribution in [0, 0.1) is 6.92 Å². The minimum atomic E-state index is -0.401. The van der Waals surface area contributed by atoms with Crippen LogP contribution >= 0.6 is 0 Å². The van der Waals surface area contributed by atoms with Gasteiger partial charge in [-0.2, -0.15) is 0 Å². The maximum Gasteiger partial charge on any atom is 0.338 e. The third kappa shape index (κ3) is 8.22. The number of carbonyl (C=O) groups excluding carboxylic acids is 3. The van der Waals surface area contributed by atoms with Gasteiger partial charge in [0, 0.05) is 11.4 Å². The number of hydrogen-bond acceptors (Lipinski definition) is 5. The molecule has 0 fully saturated rings. The molecule has 0 heterocycles. The van der Waals surface area contributed by atoms with Gasteiger partial charge in [-0.15, -0.1) is 0 Å². The molecule has 2 aromatic rings. The Balaban J connectivity index is 1.90. The molecule has 0 bridgehead atoms. The van der Waals surface area contributed by atoms with Crippen LogP contribution in [0.4, 0.5) is 11.4 Å². The molecule has 7 heteroatoms. The fraction of sp³-hybridized carbons (Fsp3) is 0.375. The van der Waals surface area contributed by atoms with Crippen molar-refractivity contribution in [1.29, 1.82) is 0 Å². The van der Waals surface area contributed by atoms with Crippen LogP contribution in [0.5, 0.6) is 0 Å². The molecule has 0 aliphatic rings. The number of amides is 2. The Morgan fingerprint density at radius 3 is 2.13 bits per heavy atom. The zero-order chi connectivity index (χ0) is 22.8. The quantitative estimate of drug-likeness (QED) is 0.565. The number of anilines is 2. The van der Waals surface area contributed by atoms with Crippen molar-refractivity contribution < 1.29 is 19.1 Å². The van der Waals surface area contributed by atoms with E-state index in [9.17, 15) is 14.4 Å². The number of rotatable bonds is 10. The highest BCUT2D eigenvalue weighted by Crippen LogP contribution is 2.14. The van der Waals surface area contributed by atoms with E-state index in [1.807, 2.05) is 38.1 Å². The first kappa shape index (κ1) is 24.1. The molecule has 0 aromatic heterocycles. The maximum absolute atomic E-state index is 12.5. The number of benzene rings is 2. The van der Waals surface area contributed by atoms with Gasteiger partial charge >= 0.3 is 5.97 Å². The summed E-state index contributed by atoms with van der Waals surface area (Å²) in [6.45, 7) is 8.34. The van der Waals surface area contributed by atoms with Crippen molar-refractivity contribution in [1.82, 2.24) is 4.90 Å². The van der Waals surface area contributed by atoms with Crippen molar-refractivity contribution in [3.05, 3.63) is 59.7 Å². The molecule has 2 rings (SSSR count). The normalized spacial score (nSPS) is 10.8. The molecule has 0 spiro atoms. The first-order chi connectivity index (χ1) is 14.8. The smallest absolute Gasteiger partial charge is 0.338 e. The molecule has 0 aliphatic heterocycles. The van der Waals surface area contributed by atoms with Crippen molar-refractivity contribution >= 4 is 29.2 Å². The summed E-state index contributed by atoms with van der Waals surface area (Å²) >= 11 is 0. The van der Waals surface area contributed by atoms with Gasteiger partial charge in [0.05, 0.1) is 24.8 Å². The van der Waals surface area contributed by atoms with E-state index in [-0.39, 0.29) is 31.0 Å². The number of esters is 1. The minimum absolute atomic E-state index is 0.0895. The summed E-state index contributed by atoms with van der Waals surface area (Å²) in [6.07, 6.45) is 0.622. The van der Waals surface area contributed by atoms with Gasteiger partial charge in [0.25, 0.3) is 0 Å². The van der Waals surface area contributed by atoms with E-state index < -0.39 is 5.97 Å². The lowest BCUT2D eigenvalue weighted by Gasteiger charge is -2.21. The largest absolute Gasteiger partial charge is 0.459 e. The van der Waals surface area contributed by atoms with E-state index in [0.717, 1.165) is 17.7 Å². The number of carbonyl (C=O) groups is 3. The summed E-state index contributed by atoms with van der Waals surface area (Å²) in [5.74, 6) is -0.792. The molecule has 0 unspecified atom stereocenters. The predicted octanol–water partition coefficient (Wildman–Crippen LogP) is 3.85. The molecule has 31 heavy (non-hydrogen) atoms. The predicted molar refractivity (Wildman–Crippen MR) is 122 cm³/mol. The standard InChI is InChI=1S/C24H31N3O4/c1-5-14-27(16-23(29)26-21-9-7-6-8-18(21)4)15-22(28)25-20-12-10-19(11-13-20)24(30)31-17(2)3/h6-13,17H,5,14-16H2,1-4H3,(H,25,28)(H,26,29). The van der Waals surface area contributed by atoms with Crippen molar-refractivity contribution in [3.63, 3.8) is 0 Å². The highest BCUT2D eigenvalue weighted by molar-refractivity contribution is 5.95. The SMILES string of the molecule is CCCN(CC(=O)Nc1ccc(C(=O)OC(C)C)cc1)CC(=O)Nc1ccccc1C. The summed E-state index contributed by atoms with van der Waals surface area (Å²) in [6, 6.07) is 14.1. The lowest BCUT2D eigenvalue weighted by atomic mass is 10.2. The Bertz CT molecular complexity index is 894. The first-order valence-electron chi connectivity index (χ1n) is 10.5. The van der Waals surface area contributed by atoms with Gasteiger partial charge in [0.2, 0.25) is 11.8 Å². The van der Waals surface area contributed by atoms with Gasteiger partial charge in [0.1, 0.15) is 0 Å². The van der Waals surface area contributed by atoms with Crippen LogP contribution in [0.25, 0.3) is 0 Å². The Morgan fingerprint density at radius 2 is 1.55 bits per heavy atom. The number of nitrogens with zero attached hydrogens (tertiary/aromatic N) is 1. The molecular formula is C24H31N3O4. The van der Waals surface area contributed by atoms with Gasteiger partial charge < -0.3 is 15.4 Å². The minimum Gasteiger partial charge on any atom is -0.459 e. The molecule has 2 N–H and O–H groups in total. The highest BCUT2D eigenvalue weighted by Gasteiger charge is 2.15. The number of hydrogen-bond donors (Lipinski definition) is 2. The van der Waals surface area contributed by atoms with E-state index in [0.29, 0.717) is 17.8 Å². The van der Waals surface area contributed by atoms with Gasteiger partial charge in [-0.25, -0.2) is 4.79 Å². The van der Waals surface area contributed by atoms with Crippen molar-refractivity contribution in [2.45, 2.75) is 40.2 Å². The summed E-state index contributed by atoms with van der Waals surface area (Å²) in [5.41, 5.74) is 2.75. The first-order valence-corrected chi connectivity index (χ1v) is 10.5. The van der Waals surface area contributed by atoms with Crippen molar-refractivity contribution in [2.75, 3.05) is 30.3 Å². The average Bonchev–Trinajstić information content (AvgIpc) is 2.69. The van der Waals surface area contributed by atoms with Gasteiger partial charge in [0.15, 0.2) is 0 Å². The molecule has 2 amide bonds. The summed E-state index contributed by atoms with van der Waals surface area (Å²) < 4.78 is 5.15. The van der Waals surface area contributed by atoms with E-state index in [4.69, 9.17) is 4.74 Å². The van der Waals surface area contributed by atoms with Crippen LogP contribution in [-0.4, -0.2) is 48.4 Å². The Hall–Kier alpha value is -3.19. The molecular weight excluding hydrogens is 394 g/mol. The van der Waals surface area contributed by atoms with E-state index >= 15 is 0 Å². The van der Waals surface area contributed by atoms with Crippen molar-refractivity contribution in [2.24, 2.45) is 0 Å². The van der Waals surface area contributed by atoms with Gasteiger partial charge in [-0.3, -0.25) is 14.5 Å². The van der Waals surface area contributed by atoms with E-state index in [2.05, 4.69) is 10.6 Å². The summed E-state index contributed by atoms with van der Waals surface area (Å²) in [4.78, 5) is 38.6. The zero-order valence-electron chi connectivity index (χ0n) is 18.6. The van der Waals surface area contributed by atoms with Gasteiger partial charge in [-0.05, 0) is 69.6 Å². The lowest BCUT2D eigenvalue weighted by molar-refractivity contribution is -0.120. The summed E-state index contributed by atoms with van der Waals surface area (Å²) in [5, 5.41) is 5.70. The molecule has 0 radical (unpaired) electrons. The molecule has 2 aromatic carbocycles. The highest BCUT2D eigenvalue weighted by atomic mass is 16.5. The van der Waals surface area contributed by atoms with Crippen LogP contribution in [-0.2, 0) is 14.3 Å². The van der Waals surface area contributed by atoms with Crippen LogP contribution in [0.15, 0.2) is 48.5 Å². The third-order valence-corrected chi connectivity index (χ3v) is 4.44. The Kier molecular flexibility index (Phi) is 9.21. The van der Waals surface area contributed by atoms with E-state index in [1.165, 1.54) is 0 Å². The Labute approximate surface area is 183 Å². The number of para-hydroxylation sites is 1. The maximum atomic E-state index is 12.5. The zero-order valence-corrected chi connectivity index (χ0v) is 18.6. The number of nitrogens with one attached hydrogen (secondary N) is 2. The fourth-order valence-corrected chi connectivity index (χ4v) is 3.01. The van der Waals surface area contributed by atoms with Crippen molar-refractivity contribution in [3.8, 4) is 0 Å². The topological polar surface area (TPSA) is 87.7 Å². The van der Waals surface area contributed by atoms with Crippen LogP contribution in [0.1, 0.15) is 43.1 Å². The number of ether oxygens (including phenoxy) is 1. The molecule has 166 valence electrons. The van der Waals surface area contributed by atoms with Crippen LogP contribution in [0.2, 0.25) is 0 Å². The second-order valence-electron chi connectivity index (χ2n) is 7.65. The second-order valence-corrected chi connectivity index (χ2v) is 7.65. The molecule has 0 aliphatic carbocycles. The van der Waals surface area contributed by atoms with Crippen LogP contribution < -0.4 is 10.6 Å². The van der Waals surface area contributed by atoms with Crippen LogP contribution in [0.3, 0.4) is 0 Å².